The van der Waals surface area contributed by atoms with Gasteiger partial charge in [-0.2, -0.15) is 0 Å². The summed E-state index contributed by atoms with van der Waals surface area (Å²) in [5, 5.41) is 7.07. The van der Waals surface area contributed by atoms with Crippen molar-refractivity contribution in [3.8, 4) is 0 Å². The number of amides is 2. The SMILES string of the molecule is Cn1ccnc1Sc1ccc(Cl)cc1NC(=O)C1CC(=O)Nc2ccccc21. The highest BCUT2D eigenvalue weighted by molar-refractivity contribution is 7.99. The van der Waals surface area contributed by atoms with Crippen molar-refractivity contribution in [2.45, 2.75) is 22.4 Å². The molecule has 0 radical (unpaired) electrons. The zero-order chi connectivity index (χ0) is 19.7. The van der Waals surface area contributed by atoms with Crippen LogP contribution in [0.5, 0.6) is 0 Å². The summed E-state index contributed by atoms with van der Waals surface area (Å²) in [4.78, 5) is 30.2. The molecule has 0 saturated carbocycles. The molecule has 0 bridgehead atoms. The van der Waals surface area contributed by atoms with E-state index in [2.05, 4.69) is 15.6 Å². The fourth-order valence-electron chi connectivity index (χ4n) is 3.10. The van der Waals surface area contributed by atoms with Gasteiger partial charge in [0, 0.05) is 41.5 Å². The Kier molecular flexibility index (Phi) is 5.11. The summed E-state index contributed by atoms with van der Waals surface area (Å²) in [5.74, 6) is -0.978. The van der Waals surface area contributed by atoms with Gasteiger partial charge in [-0.15, -0.1) is 0 Å². The Hall–Kier alpha value is -2.77. The van der Waals surface area contributed by atoms with Crippen molar-refractivity contribution in [3.63, 3.8) is 0 Å². The van der Waals surface area contributed by atoms with E-state index in [0.29, 0.717) is 16.4 Å². The quantitative estimate of drug-likeness (QED) is 0.670. The molecule has 2 N–H and O–H groups in total. The number of aromatic nitrogens is 2. The van der Waals surface area contributed by atoms with E-state index in [1.807, 2.05) is 42.1 Å². The fourth-order valence-corrected chi connectivity index (χ4v) is 4.15. The van der Waals surface area contributed by atoms with Crippen LogP contribution in [-0.4, -0.2) is 21.4 Å². The van der Waals surface area contributed by atoms with E-state index in [-0.39, 0.29) is 18.2 Å². The van der Waals surface area contributed by atoms with Crippen molar-refractivity contribution in [3.05, 3.63) is 65.4 Å². The molecule has 3 aromatic rings. The lowest BCUT2D eigenvalue weighted by Gasteiger charge is -2.25. The molecule has 142 valence electrons. The number of halogens is 1. The summed E-state index contributed by atoms with van der Waals surface area (Å²) >= 11 is 7.59. The van der Waals surface area contributed by atoms with Gasteiger partial charge >= 0.3 is 0 Å². The van der Waals surface area contributed by atoms with E-state index in [9.17, 15) is 9.59 Å². The molecular formula is C20H17ClN4O2S. The smallest absolute Gasteiger partial charge is 0.232 e. The van der Waals surface area contributed by atoms with Crippen LogP contribution in [0, 0.1) is 0 Å². The van der Waals surface area contributed by atoms with E-state index in [1.165, 1.54) is 11.8 Å². The highest BCUT2D eigenvalue weighted by Crippen LogP contribution is 2.37. The van der Waals surface area contributed by atoms with Crippen molar-refractivity contribution in [2.24, 2.45) is 7.05 Å². The summed E-state index contributed by atoms with van der Waals surface area (Å²) in [6, 6.07) is 12.7. The Balaban J connectivity index is 1.62. The van der Waals surface area contributed by atoms with E-state index in [1.54, 1.807) is 24.4 Å². The van der Waals surface area contributed by atoms with Crippen LogP contribution in [0.2, 0.25) is 5.02 Å². The topological polar surface area (TPSA) is 76.0 Å². The van der Waals surface area contributed by atoms with Crippen LogP contribution >= 0.6 is 23.4 Å². The van der Waals surface area contributed by atoms with Gasteiger partial charge in [-0.3, -0.25) is 9.59 Å². The number of para-hydroxylation sites is 1. The van der Waals surface area contributed by atoms with E-state index < -0.39 is 5.92 Å². The number of benzene rings is 2. The number of carbonyl (C=O) groups is 2. The Morgan fingerprint density at radius 2 is 2.14 bits per heavy atom. The van der Waals surface area contributed by atoms with Crippen molar-refractivity contribution >= 4 is 46.6 Å². The van der Waals surface area contributed by atoms with Gasteiger partial charge in [0.05, 0.1) is 11.6 Å². The number of hydrogen-bond donors (Lipinski definition) is 2. The Morgan fingerprint density at radius 1 is 1.32 bits per heavy atom. The molecule has 1 aliphatic heterocycles. The fraction of sp³-hybridized carbons (Fsp3) is 0.150. The number of anilines is 2. The zero-order valence-corrected chi connectivity index (χ0v) is 16.6. The van der Waals surface area contributed by atoms with Gasteiger partial charge in [-0.25, -0.2) is 4.98 Å². The third-order valence-corrected chi connectivity index (χ3v) is 5.88. The second kappa shape index (κ2) is 7.69. The maximum Gasteiger partial charge on any atom is 0.232 e. The molecule has 4 rings (SSSR count). The molecule has 28 heavy (non-hydrogen) atoms. The first-order valence-corrected chi connectivity index (χ1v) is 9.85. The summed E-state index contributed by atoms with van der Waals surface area (Å²) in [6.07, 6.45) is 3.67. The Labute approximate surface area is 171 Å². The van der Waals surface area contributed by atoms with Gasteiger partial charge in [0.15, 0.2) is 5.16 Å². The van der Waals surface area contributed by atoms with Crippen LogP contribution in [0.15, 0.2) is 64.9 Å². The predicted octanol–water partition coefficient (Wildman–Crippen LogP) is 4.29. The minimum Gasteiger partial charge on any atom is -0.329 e. The zero-order valence-electron chi connectivity index (χ0n) is 15.0. The van der Waals surface area contributed by atoms with Crippen molar-refractivity contribution < 1.29 is 9.59 Å². The summed E-state index contributed by atoms with van der Waals surface area (Å²) < 4.78 is 1.90. The van der Waals surface area contributed by atoms with Crippen molar-refractivity contribution in [2.75, 3.05) is 10.6 Å². The van der Waals surface area contributed by atoms with Crippen LogP contribution < -0.4 is 10.6 Å². The van der Waals surface area contributed by atoms with Gasteiger partial charge < -0.3 is 15.2 Å². The third kappa shape index (κ3) is 3.76. The van der Waals surface area contributed by atoms with Crippen LogP contribution in [0.4, 0.5) is 11.4 Å². The van der Waals surface area contributed by atoms with Crippen LogP contribution in [0.1, 0.15) is 17.9 Å². The molecule has 1 aliphatic rings. The number of imidazole rings is 1. The molecule has 8 heteroatoms. The summed E-state index contributed by atoms with van der Waals surface area (Å²) in [5.41, 5.74) is 2.07. The first-order chi connectivity index (χ1) is 13.5. The molecule has 2 amide bonds. The van der Waals surface area contributed by atoms with Crippen molar-refractivity contribution in [1.29, 1.82) is 0 Å². The summed E-state index contributed by atoms with van der Waals surface area (Å²) in [7, 11) is 1.90. The van der Waals surface area contributed by atoms with Crippen LogP contribution in [0.3, 0.4) is 0 Å². The van der Waals surface area contributed by atoms with E-state index in [0.717, 1.165) is 15.6 Å². The molecular weight excluding hydrogens is 396 g/mol. The molecule has 0 aliphatic carbocycles. The first kappa shape index (κ1) is 18.6. The average Bonchev–Trinajstić information content (AvgIpc) is 3.07. The van der Waals surface area contributed by atoms with Crippen LogP contribution in [0.25, 0.3) is 0 Å². The molecule has 0 fully saturated rings. The average molecular weight is 413 g/mol. The predicted molar refractivity (Wildman–Crippen MR) is 110 cm³/mol. The molecule has 0 spiro atoms. The standard InChI is InChI=1S/C20H17ClN4O2S/c1-25-9-8-22-20(25)28-17-7-6-12(21)10-16(17)24-19(27)14-11-18(26)23-15-5-3-2-4-13(14)15/h2-10,14H,11H2,1H3,(H,23,26)(H,24,27). The highest BCUT2D eigenvalue weighted by atomic mass is 35.5. The number of fused-ring (bicyclic) bond motifs is 1. The molecule has 1 unspecified atom stereocenters. The van der Waals surface area contributed by atoms with Crippen LogP contribution in [-0.2, 0) is 16.6 Å². The molecule has 2 heterocycles. The maximum absolute atomic E-state index is 13.0. The normalized spacial score (nSPS) is 15.6. The lowest BCUT2D eigenvalue weighted by molar-refractivity contribution is -0.123. The number of nitrogens with one attached hydrogen (secondary N) is 2. The second-order valence-electron chi connectivity index (χ2n) is 6.44. The van der Waals surface area contributed by atoms with Crippen molar-refractivity contribution in [1.82, 2.24) is 9.55 Å². The molecule has 0 saturated heterocycles. The van der Waals surface area contributed by atoms with Gasteiger partial charge in [-0.1, -0.05) is 29.8 Å². The van der Waals surface area contributed by atoms with Gasteiger partial charge in [0.25, 0.3) is 0 Å². The van der Waals surface area contributed by atoms with Gasteiger partial charge in [0.2, 0.25) is 11.8 Å². The Morgan fingerprint density at radius 3 is 2.93 bits per heavy atom. The summed E-state index contributed by atoms with van der Waals surface area (Å²) in [6.45, 7) is 0. The minimum absolute atomic E-state index is 0.102. The van der Waals surface area contributed by atoms with Gasteiger partial charge in [-0.05, 0) is 41.6 Å². The lowest BCUT2D eigenvalue weighted by atomic mass is 9.90. The first-order valence-electron chi connectivity index (χ1n) is 8.65. The molecule has 1 aromatic heterocycles. The second-order valence-corrected chi connectivity index (χ2v) is 7.89. The molecule has 2 aromatic carbocycles. The molecule has 1 atom stereocenters. The van der Waals surface area contributed by atoms with E-state index in [4.69, 9.17) is 11.6 Å². The van der Waals surface area contributed by atoms with Gasteiger partial charge in [0.1, 0.15) is 0 Å². The third-order valence-electron chi connectivity index (χ3n) is 4.49. The van der Waals surface area contributed by atoms with E-state index >= 15 is 0 Å². The monoisotopic (exact) mass is 412 g/mol. The largest absolute Gasteiger partial charge is 0.329 e. The number of carbonyl (C=O) groups excluding carboxylic acids is 2. The lowest BCUT2D eigenvalue weighted by Crippen LogP contribution is -2.30. The minimum atomic E-state index is -0.560. The maximum atomic E-state index is 13.0. The number of nitrogens with zero attached hydrogens (tertiary/aromatic N) is 2. The highest BCUT2D eigenvalue weighted by Gasteiger charge is 2.30. The number of rotatable bonds is 4. The number of aryl methyl sites for hydroxylation is 1. The number of hydrogen-bond acceptors (Lipinski definition) is 4. The molecule has 6 nitrogen and oxygen atoms in total. The Bertz CT molecular complexity index is 1070.